The fraction of sp³-hybridized carbons (Fsp3) is 0.857. The highest BCUT2D eigenvalue weighted by molar-refractivity contribution is 5.83. The molecule has 0 aromatic carbocycles. The van der Waals surface area contributed by atoms with Gasteiger partial charge < -0.3 is 5.32 Å². The van der Waals surface area contributed by atoms with Gasteiger partial charge in [0.15, 0.2) is 0 Å². The lowest BCUT2D eigenvalue weighted by atomic mass is 10.1. The molecule has 9 heavy (non-hydrogen) atoms. The van der Waals surface area contributed by atoms with Gasteiger partial charge in [0.1, 0.15) is 5.78 Å². The molecule has 0 heterocycles. The van der Waals surface area contributed by atoms with Gasteiger partial charge in [-0.2, -0.15) is 0 Å². The normalized spacial score (nSPS) is 27.2. The van der Waals surface area contributed by atoms with Gasteiger partial charge in [-0.3, -0.25) is 4.79 Å². The molecule has 1 aliphatic rings. The van der Waals surface area contributed by atoms with E-state index in [9.17, 15) is 4.79 Å². The third-order valence-electron chi connectivity index (χ3n) is 1.88. The Hall–Kier alpha value is -0.370. The molecule has 52 valence electrons. The molecule has 0 aliphatic heterocycles. The Kier molecular flexibility index (Phi) is 2.22. The summed E-state index contributed by atoms with van der Waals surface area (Å²) in [6, 6.07) is 0. The Balaban J connectivity index is 2.31. The molecule has 0 aromatic heterocycles. The zero-order valence-electron chi connectivity index (χ0n) is 5.81. The summed E-state index contributed by atoms with van der Waals surface area (Å²) in [5.41, 5.74) is 0. The highest BCUT2D eigenvalue weighted by Gasteiger charge is 2.22. The Morgan fingerprint density at radius 3 is 3.00 bits per heavy atom. The second-order valence-electron chi connectivity index (χ2n) is 2.61. The highest BCUT2D eigenvalue weighted by Crippen LogP contribution is 2.19. The van der Waals surface area contributed by atoms with E-state index in [0.717, 1.165) is 25.8 Å². The van der Waals surface area contributed by atoms with Crippen molar-refractivity contribution in [3.8, 4) is 0 Å². The van der Waals surface area contributed by atoms with Crippen molar-refractivity contribution in [2.75, 3.05) is 13.6 Å². The summed E-state index contributed by atoms with van der Waals surface area (Å²) in [6.07, 6.45) is 3.01. The summed E-state index contributed by atoms with van der Waals surface area (Å²) in [5.74, 6) is 0.777. The SMILES string of the molecule is CNCC1CCCC1=O. The summed E-state index contributed by atoms with van der Waals surface area (Å²) in [5, 5.41) is 3.02. The number of carbonyl (C=O) groups is 1. The first-order valence-electron chi connectivity index (χ1n) is 3.52. The van der Waals surface area contributed by atoms with E-state index in [2.05, 4.69) is 5.32 Å². The van der Waals surface area contributed by atoms with E-state index < -0.39 is 0 Å². The number of Topliss-reactive ketones (excluding diaryl/α,β-unsaturated/α-hetero) is 1. The third kappa shape index (κ3) is 1.52. The lowest BCUT2D eigenvalue weighted by Crippen LogP contribution is -2.21. The first-order valence-corrected chi connectivity index (χ1v) is 3.52. The van der Waals surface area contributed by atoms with Crippen LogP contribution in [0.15, 0.2) is 0 Å². The van der Waals surface area contributed by atoms with Crippen LogP contribution >= 0.6 is 0 Å². The minimum Gasteiger partial charge on any atom is -0.319 e. The van der Waals surface area contributed by atoms with Crippen molar-refractivity contribution in [2.45, 2.75) is 19.3 Å². The predicted molar refractivity (Wildman–Crippen MR) is 36.3 cm³/mol. The molecule has 2 heteroatoms. The minimum atomic E-state index is 0.329. The minimum absolute atomic E-state index is 0.329. The van der Waals surface area contributed by atoms with Crippen LogP contribution in [0.4, 0.5) is 0 Å². The van der Waals surface area contributed by atoms with E-state index in [4.69, 9.17) is 0 Å². The topological polar surface area (TPSA) is 29.1 Å². The smallest absolute Gasteiger partial charge is 0.137 e. The average Bonchev–Trinajstić information content (AvgIpc) is 2.18. The molecule has 1 aliphatic carbocycles. The largest absolute Gasteiger partial charge is 0.319 e. The number of carbonyl (C=O) groups excluding carboxylic acids is 1. The molecule has 0 radical (unpaired) electrons. The number of rotatable bonds is 2. The first-order chi connectivity index (χ1) is 4.34. The molecule has 1 rings (SSSR count). The van der Waals surface area contributed by atoms with Crippen LogP contribution in [0.5, 0.6) is 0 Å². The van der Waals surface area contributed by atoms with Crippen LogP contribution in [0.25, 0.3) is 0 Å². The van der Waals surface area contributed by atoms with E-state index in [1.807, 2.05) is 7.05 Å². The van der Waals surface area contributed by atoms with Crippen molar-refractivity contribution < 1.29 is 4.79 Å². The summed E-state index contributed by atoms with van der Waals surface area (Å²) < 4.78 is 0. The maximum absolute atomic E-state index is 10.9. The molecule has 1 fully saturated rings. The zero-order valence-corrected chi connectivity index (χ0v) is 5.81. The van der Waals surface area contributed by atoms with Gasteiger partial charge in [-0.15, -0.1) is 0 Å². The molecule has 1 saturated carbocycles. The second kappa shape index (κ2) is 2.97. The summed E-state index contributed by atoms with van der Waals surface area (Å²) in [6.45, 7) is 0.874. The van der Waals surface area contributed by atoms with Crippen LogP contribution in [0.3, 0.4) is 0 Å². The number of ketones is 1. The third-order valence-corrected chi connectivity index (χ3v) is 1.88. The van der Waals surface area contributed by atoms with Crippen LogP contribution in [0, 0.1) is 5.92 Å². The standard InChI is InChI=1S/C7H13NO/c1-8-5-6-3-2-4-7(6)9/h6,8H,2-5H2,1H3. The first kappa shape index (κ1) is 6.75. The second-order valence-corrected chi connectivity index (χ2v) is 2.61. The maximum Gasteiger partial charge on any atom is 0.137 e. The molecule has 0 amide bonds. The average molecular weight is 127 g/mol. The quantitative estimate of drug-likeness (QED) is 0.587. The van der Waals surface area contributed by atoms with Crippen LogP contribution in [-0.4, -0.2) is 19.4 Å². The van der Waals surface area contributed by atoms with Crippen molar-refractivity contribution in [2.24, 2.45) is 5.92 Å². The van der Waals surface area contributed by atoms with Gasteiger partial charge in [0.25, 0.3) is 0 Å². The Morgan fingerprint density at radius 1 is 1.78 bits per heavy atom. The van der Waals surface area contributed by atoms with Gasteiger partial charge in [-0.05, 0) is 19.9 Å². The Labute approximate surface area is 55.6 Å². The van der Waals surface area contributed by atoms with Gasteiger partial charge in [-0.1, -0.05) is 0 Å². The fourth-order valence-electron chi connectivity index (χ4n) is 1.35. The molecule has 1 N–H and O–H groups in total. The van der Waals surface area contributed by atoms with Crippen molar-refractivity contribution in [3.63, 3.8) is 0 Å². The van der Waals surface area contributed by atoms with Crippen molar-refractivity contribution >= 4 is 5.78 Å². The van der Waals surface area contributed by atoms with E-state index in [-0.39, 0.29) is 0 Å². The van der Waals surface area contributed by atoms with E-state index in [1.165, 1.54) is 0 Å². The Morgan fingerprint density at radius 2 is 2.56 bits per heavy atom. The number of hydrogen-bond acceptors (Lipinski definition) is 2. The molecule has 2 nitrogen and oxygen atoms in total. The lowest BCUT2D eigenvalue weighted by Gasteiger charge is -2.03. The lowest BCUT2D eigenvalue weighted by molar-refractivity contribution is -0.120. The monoisotopic (exact) mass is 127 g/mol. The van der Waals surface area contributed by atoms with E-state index >= 15 is 0 Å². The molecular formula is C7H13NO. The van der Waals surface area contributed by atoms with Gasteiger partial charge in [0.05, 0.1) is 0 Å². The maximum atomic E-state index is 10.9. The summed E-state index contributed by atoms with van der Waals surface area (Å²) in [7, 11) is 1.89. The van der Waals surface area contributed by atoms with Crippen molar-refractivity contribution in [3.05, 3.63) is 0 Å². The molecular weight excluding hydrogens is 114 g/mol. The molecule has 0 aromatic rings. The molecule has 0 bridgehead atoms. The molecule has 0 spiro atoms. The molecule has 1 unspecified atom stereocenters. The highest BCUT2D eigenvalue weighted by atomic mass is 16.1. The van der Waals surface area contributed by atoms with Gasteiger partial charge in [-0.25, -0.2) is 0 Å². The fourth-order valence-corrected chi connectivity index (χ4v) is 1.35. The number of hydrogen-bond donors (Lipinski definition) is 1. The van der Waals surface area contributed by atoms with Crippen LogP contribution in [0.1, 0.15) is 19.3 Å². The van der Waals surface area contributed by atoms with Crippen LogP contribution < -0.4 is 5.32 Å². The van der Waals surface area contributed by atoms with E-state index in [0.29, 0.717) is 11.7 Å². The molecule has 1 atom stereocenters. The van der Waals surface area contributed by atoms with Crippen LogP contribution in [-0.2, 0) is 4.79 Å². The predicted octanol–water partition coefficient (Wildman–Crippen LogP) is 0.575. The molecule has 0 saturated heterocycles. The van der Waals surface area contributed by atoms with Gasteiger partial charge in [0.2, 0.25) is 0 Å². The Bertz CT molecular complexity index is 111. The van der Waals surface area contributed by atoms with E-state index in [1.54, 1.807) is 0 Å². The van der Waals surface area contributed by atoms with Crippen molar-refractivity contribution in [1.29, 1.82) is 0 Å². The zero-order chi connectivity index (χ0) is 6.69. The van der Waals surface area contributed by atoms with Crippen molar-refractivity contribution in [1.82, 2.24) is 5.32 Å². The van der Waals surface area contributed by atoms with Crippen LogP contribution in [0.2, 0.25) is 0 Å². The van der Waals surface area contributed by atoms with Gasteiger partial charge in [0, 0.05) is 18.9 Å². The summed E-state index contributed by atoms with van der Waals surface area (Å²) in [4.78, 5) is 10.9. The number of nitrogens with one attached hydrogen (secondary N) is 1. The summed E-state index contributed by atoms with van der Waals surface area (Å²) >= 11 is 0. The van der Waals surface area contributed by atoms with Gasteiger partial charge >= 0.3 is 0 Å².